The second-order valence-electron chi connectivity index (χ2n) is 3.09. The van der Waals surface area contributed by atoms with Crippen molar-refractivity contribution in [1.29, 1.82) is 0 Å². The third-order valence-corrected chi connectivity index (χ3v) is 2.03. The lowest BCUT2D eigenvalue weighted by molar-refractivity contribution is -0.152. The molecule has 15 heavy (non-hydrogen) atoms. The van der Waals surface area contributed by atoms with Crippen molar-refractivity contribution in [1.82, 2.24) is 4.90 Å². The summed E-state index contributed by atoms with van der Waals surface area (Å²) < 4.78 is 0. The Morgan fingerprint density at radius 3 is 1.53 bits per heavy atom. The summed E-state index contributed by atoms with van der Waals surface area (Å²) in [6.07, 6.45) is 0. The van der Waals surface area contributed by atoms with Gasteiger partial charge in [0.1, 0.15) is 12.1 Å². The predicted molar refractivity (Wildman–Crippen MR) is 48.5 cm³/mol. The topological polar surface area (TPSA) is 115 Å². The minimum absolute atomic E-state index is 0.624. The van der Waals surface area contributed by atoms with E-state index in [0.29, 0.717) is 0 Å². The zero-order valence-electron chi connectivity index (χ0n) is 8.38. The number of hydrogen-bond acceptors (Lipinski definition) is 4. The molecule has 3 N–H and O–H groups in total. The van der Waals surface area contributed by atoms with Gasteiger partial charge in [-0.15, -0.1) is 0 Å². The first kappa shape index (κ1) is 13.4. The summed E-state index contributed by atoms with van der Waals surface area (Å²) in [4.78, 5) is 32.6. The van der Waals surface area contributed by atoms with Gasteiger partial charge < -0.3 is 15.3 Å². The van der Waals surface area contributed by atoms with Crippen LogP contribution < -0.4 is 0 Å². The van der Waals surface area contributed by atoms with Gasteiger partial charge in [0.2, 0.25) is 0 Å². The molecule has 0 fully saturated rings. The minimum Gasteiger partial charge on any atom is -0.480 e. The Morgan fingerprint density at radius 1 is 1.00 bits per heavy atom. The maximum atomic E-state index is 10.6. The van der Waals surface area contributed by atoms with Gasteiger partial charge in [0.15, 0.2) is 0 Å². The van der Waals surface area contributed by atoms with Crippen LogP contribution in [0.5, 0.6) is 0 Å². The van der Waals surface area contributed by atoms with E-state index in [2.05, 4.69) is 0 Å². The standard InChI is InChI=1S/C8H13NO6/c1-4(7(12)13)9(3-6(10)11)5(2)8(14)15/h4-5H,3H2,1-2H3,(H,10,11)(H,12,13)(H,14,15)/t4-,5-/m1/s1. The molecule has 0 spiro atoms. The van der Waals surface area contributed by atoms with Crippen LogP contribution in [0, 0.1) is 0 Å². The number of hydrogen-bond donors (Lipinski definition) is 3. The molecule has 0 saturated heterocycles. The van der Waals surface area contributed by atoms with Crippen molar-refractivity contribution >= 4 is 17.9 Å². The van der Waals surface area contributed by atoms with Gasteiger partial charge >= 0.3 is 17.9 Å². The van der Waals surface area contributed by atoms with Crippen LogP contribution >= 0.6 is 0 Å². The highest BCUT2D eigenvalue weighted by atomic mass is 16.4. The van der Waals surface area contributed by atoms with E-state index in [1.165, 1.54) is 13.8 Å². The summed E-state index contributed by atoms with van der Waals surface area (Å²) >= 11 is 0. The summed E-state index contributed by atoms with van der Waals surface area (Å²) in [6, 6.07) is -2.32. The van der Waals surface area contributed by atoms with Crippen molar-refractivity contribution in [2.45, 2.75) is 25.9 Å². The van der Waals surface area contributed by atoms with E-state index in [-0.39, 0.29) is 0 Å². The van der Waals surface area contributed by atoms with E-state index in [1.54, 1.807) is 0 Å². The molecule has 0 amide bonds. The summed E-state index contributed by atoms with van der Waals surface area (Å²) in [5, 5.41) is 25.9. The van der Waals surface area contributed by atoms with Crippen molar-refractivity contribution in [3.05, 3.63) is 0 Å². The van der Waals surface area contributed by atoms with E-state index in [4.69, 9.17) is 15.3 Å². The molecule has 86 valence electrons. The average molecular weight is 219 g/mol. The van der Waals surface area contributed by atoms with Crippen LogP contribution in [-0.4, -0.2) is 56.8 Å². The first-order valence-electron chi connectivity index (χ1n) is 4.20. The van der Waals surface area contributed by atoms with E-state index in [9.17, 15) is 14.4 Å². The van der Waals surface area contributed by atoms with Gasteiger partial charge in [-0.2, -0.15) is 0 Å². The minimum atomic E-state index is -1.27. The molecule has 2 atom stereocenters. The smallest absolute Gasteiger partial charge is 0.320 e. The average Bonchev–Trinajstić information content (AvgIpc) is 2.11. The summed E-state index contributed by atoms with van der Waals surface area (Å²) in [7, 11) is 0. The molecule has 0 radical (unpaired) electrons. The zero-order chi connectivity index (χ0) is 12.2. The van der Waals surface area contributed by atoms with Gasteiger partial charge in [0, 0.05) is 0 Å². The number of rotatable bonds is 6. The van der Waals surface area contributed by atoms with Crippen molar-refractivity contribution in [2.24, 2.45) is 0 Å². The van der Waals surface area contributed by atoms with Gasteiger partial charge in [-0.3, -0.25) is 19.3 Å². The number of nitrogens with zero attached hydrogens (tertiary/aromatic N) is 1. The first-order chi connectivity index (χ1) is 6.77. The lowest BCUT2D eigenvalue weighted by Gasteiger charge is -2.27. The number of carboxylic acid groups (broad SMARTS) is 3. The Morgan fingerprint density at radius 2 is 1.33 bits per heavy atom. The fourth-order valence-electron chi connectivity index (χ4n) is 1.05. The number of carboxylic acids is 3. The van der Waals surface area contributed by atoms with Crippen LogP contribution in [0.15, 0.2) is 0 Å². The summed E-state index contributed by atoms with van der Waals surface area (Å²) in [5.41, 5.74) is 0. The van der Waals surface area contributed by atoms with Gasteiger partial charge in [-0.05, 0) is 13.8 Å². The molecule has 0 rings (SSSR count). The van der Waals surface area contributed by atoms with Crippen LogP contribution in [0.3, 0.4) is 0 Å². The molecule has 7 nitrogen and oxygen atoms in total. The highest BCUT2D eigenvalue weighted by Gasteiger charge is 2.30. The molecule has 0 aromatic rings. The maximum Gasteiger partial charge on any atom is 0.320 e. The predicted octanol–water partition coefficient (Wildman–Crippen LogP) is -0.681. The fraction of sp³-hybridized carbons (Fsp3) is 0.625. The lowest BCUT2D eigenvalue weighted by atomic mass is 10.2. The Hall–Kier alpha value is -1.63. The van der Waals surface area contributed by atoms with Crippen molar-refractivity contribution in [3.8, 4) is 0 Å². The summed E-state index contributed by atoms with van der Waals surface area (Å²) in [5.74, 6) is -3.79. The molecular weight excluding hydrogens is 206 g/mol. The normalized spacial score (nSPS) is 14.6. The van der Waals surface area contributed by atoms with Crippen molar-refractivity contribution < 1.29 is 29.7 Å². The van der Waals surface area contributed by atoms with Crippen LogP contribution in [0.4, 0.5) is 0 Å². The Labute approximate surface area is 85.9 Å². The van der Waals surface area contributed by atoms with Crippen LogP contribution in [0.1, 0.15) is 13.8 Å². The maximum absolute atomic E-state index is 10.6. The fourth-order valence-corrected chi connectivity index (χ4v) is 1.05. The number of carbonyl (C=O) groups is 3. The van der Waals surface area contributed by atoms with Crippen LogP contribution in [0.2, 0.25) is 0 Å². The largest absolute Gasteiger partial charge is 0.480 e. The molecular formula is C8H13NO6. The third-order valence-electron chi connectivity index (χ3n) is 2.03. The number of aliphatic carboxylic acids is 3. The van der Waals surface area contributed by atoms with E-state index in [1.807, 2.05) is 0 Å². The molecule has 7 heteroatoms. The molecule has 0 aliphatic heterocycles. The molecule has 0 saturated carbocycles. The SMILES string of the molecule is C[C@H](C(=O)O)N(CC(=O)O)[C@H](C)C(=O)O. The Bertz CT molecular complexity index is 256. The van der Waals surface area contributed by atoms with Crippen LogP contribution in [0.25, 0.3) is 0 Å². The van der Waals surface area contributed by atoms with E-state index < -0.39 is 36.5 Å². The van der Waals surface area contributed by atoms with Crippen molar-refractivity contribution in [2.75, 3.05) is 6.54 Å². The Kier molecular flexibility index (Phi) is 4.72. The highest BCUT2D eigenvalue weighted by molar-refractivity contribution is 5.79. The van der Waals surface area contributed by atoms with E-state index >= 15 is 0 Å². The summed E-state index contributed by atoms with van der Waals surface area (Å²) in [6.45, 7) is 1.86. The lowest BCUT2D eigenvalue weighted by Crippen LogP contribution is -2.50. The Balaban J connectivity index is 4.79. The second-order valence-corrected chi connectivity index (χ2v) is 3.09. The quantitative estimate of drug-likeness (QED) is 0.542. The zero-order valence-corrected chi connectivity index (χ0v) is 8.38. The van der Waals surface area contributed by atoms with Gasteiger partial charge in [-0.25, -0.2) is 0 Å². The molecule has 0 bridgehead atoms. The molecule has 0 aliphatic rings. The molecule has 0 heterocycles. The monoisotopic (exact) mass is 219 g/mol. The molecule has 0 unspecified atom stereocenters. The first-order valence-corrected chi connectivity index (χ1v) is 4.20. The highest BCUT2D eigenvalue weighted by Crippen LogP contribution is 2.06. The third kappa shape index (κ3) is 3.94. The van der Waals surface area contributed by atoms with Crippen molar-refractivity contribution in [3.63, 3.8) is 0 Å². The van der Waals surface area contributed by atoms with Crippen LogP contribution in [-0.2, 0) is 14.4 Å². The molecule has 0 aromatic carbocycles. The van der Waals surface area contributed by atoms with Gasteiger partial charge in [0.05, 0.1) is 6.54 Å². The van der Waals surface area contributed by atoms with Gasteiger partial charge in [0.25, 0.3) is 0 Å². The molecule has 0 aromatic heterocycles. The van der Waals surface area contributed by atoms with E-state index in [0.717, 1.165) is 4.90 Å². The second kappa shape index (κ2) is 5.30. The van der Waals surface area contributed by atoms with Gasteiger partial charge in [-0.1, -0.05) is 0 Å². The molecule has 0 aliphatic carbocycles.